The molecule has 0 aromatic heterocycles. The predicted molar refractivity (Wildman–Crippen MR) is 101 cm³/mol. The Morgan fingerprint density at radius 3 is 2.50 bits per heavy atom. The van der Waals surface area contributed by atoms with Gasteiger partial charge in [-0.15, -0.1) is 0 Å². The number of rotatable bonds is 4. The summed E-state index contributed by atoms with van der Waals surface area (Å²) in [6.45, 7) is 1.54. The Balaban J connectivity index is 2.10. The smallest absolute Gasteiger partial charge is 0.295 e. The van der Waals surface area contributed by atoms with Crippen LogP contribution in [0.25, 0.3) is 10.8 Å². The summed E-state index contributed by atoms with van der Waals surface area (Å²) >= 11 is 0. The Hall–Kier alpha value is -3.50. The summed E-state index contributed by atoms with van der Waals surface area (Å²) in [5, 5.41) is 23.8. The molecule has 0 fully saturated rings. The minimum atomic E-state index is -4.56. The molecule has 0 aliphatic carbocycles. The molecule has 0 heterocycles. The van der Waals surface area contributed by atoms with E-state index in [0.717, 1.165) is 18.2 Å². The molecule has 28 heavy (non-hydrogen) atoms. The molecule has 0 atom stereocenters. The summed E-state index contributed by atoms with van der Waals surface area (Å²) in [5.41, 5.74) is 0.262. The van der Waals surface area contributed by atoms with E-state index in [4.69, 9.17) is 0 Å². The van der Waals surface area contributed by atoms with Crippen molar-refractivity contribution in [2.24, 2.45) is 0 Å². The van der Waals surface area contributed by atoms with Crippen LogP contribution in [-0.2, 0) is 10.1 Å². The van der Waals surface area contributed by atoms with Crippen molar-refractivity contribution in [2.45, 2.75) is 11.8 Å². The van der Waals surface area contributed by atoms with Gasteiger partial charge in [0.15, 0.2) is 0 Å². The maximum absolute atomic E-state index is 12.6. The van der Waals surface area contributed by atoms with Crippen molar-refractivity contribution in [1.29, 1.82) is 0 Å². The normalized spacial score (nSPS) is 11.4. The summed E-state index contributed by atoms with van der Waals surface area (Å²) in [5.74, 6) is -1.000. The van der Waals surface area contributed by atoms with E-state index in [2.05, 4.69) is 5.32 Å². The van der Waals surface area contributed by atoms with Gasteiger partial charge in [-0.1, -0.05) is 18.2 Å². The van der Waals surface area contributed by atoms with Gasteiger partial charge in [0.2, 0.25) is 0 Å². The summed E-state index contributed by atoms with van der Waals surface area (Å²) in [7, 11) is -4.56. The van der Waals surface area contributed by atoms with Gasteiger partial charge in [-0.3, -0.25) is 19.5 Å². The lowest BCUT2D eigenvalue weighted by molar-refractivity contribution is -0.385. The number of anilines is 1. The molecule has 0 radical (unpaired) electrons. The van der Waals surface area contributed by atoms with E-state index in [-0.39, 0.29) is 33.5 Å². The third kappa shape index (κ3) is 3.50. The van der Waals surface area contributed by atoms with E-state index in [1.165, 1.54) is 30.3 Å². The molecule has 0 unspecified atom stereocenters. The van der Waals surface area contributed by atoms with E-state index < -0.39 is 25.8 Å². The van der Waals surface area contributed by atoms with Crippen LogP contribution in [0.4, 0.5) is 11.4 Å². The molecule has 1 amide bonds. The van der Waals surface area contributed by atoms with Gasteiger partial charge in [-0.2, -0.15) is 8.42 Å². The SMILES string of the molecule is Cc1ccc(C(=O)Nc2cccc3c(S(=O)(=O)O)ccc(O)c23)cc1[N+](=O)[O-]. The second-order valence-electron chi connectivity index (χ2n) is 6.00. The van der Waals surface area contributed by atoms with Gasteiger partial charge in [-0.25, -0.2) is 0 Å². The Bertz CT molecular complexity index is 1240. The molecule has 3 N–H and O–H groups in total. The minimum Gasteiger partial charge on any atom is -0.507 e. The zero-order valence-electron chi connectivity index (χ0n) is 14.4. The van der Waals surface area contributed by atoms with Crippen molar-refractivity contribution >= 4 is 38.2 Å². The highest BCUT2D eigenvalue weighted by Gasteiger charge is 2.20. The Morgan fingerprint density at radius 1 is 1.14 bits per heavy atom. The maximum Gasteiger partial charge on any atom is 0.295 e. The van der Waals surface area contributed by atoms with E-state index in [0.29, 0.717) is 5.56 Å². The van der Waals surface area contributed by atoms with Crippen LogP contribution in [-0.4, -0.2) is 28.9 Å². The molecule has 144 valence electrons. The lowest BCUT2D eigenvalue weighted by atomic mass is 10.1. The fourth-order valence-corrected chi connectivity index (χ4v) is 3.52. The molecule has 0 bridgehead atoms. The van der Waals surface area contributed by atoms with Gasteiger partial charge in [0.05, 0.1) is 10.6 Å². The first kappa shape index (κ1) is 19.3. The fraction of sp³-hybridized carbons (Fsp3) is 0.0556. The van der Waals surface area contributed by atoms with Gasteiger partial charge in [-0.05, 0) is 31.2 Å². The first-order valence-corrected chi connectivity index (χ1v) is 9.32. The molecule has 0 aliphatic rings. The van der Waals surface area contributed by atoms with Crippen molar-refractivity contribution in [1.82, 2.24) is 0 Å². The number of nitrogens with one attached hydrogen (secondary N) is 1. The van der Waals surface area contributed by atoms with Crippen molar-refractivity contribution in [3.8, 4) is 5.75 Å². The summed E-state index contributed by atoms with van der Waals surface area (Å²) in [4.78, 5) is 22.6. The number of nitrogens with zero attached hydrogens (tertiary/aromatic N) is 1. The number of hydrogen-bond acceptors (Lipinski definition) is 6. The lowest BCUT2D eigenvalue weighted by Gasteiger charge is -2.12. The fourth-order valence-electron chi connectivity index (χ4n) is 2.83. The monoisotopic (exact) mass is 402 g/mol. The van der Waals surface area contributed by atoms with Crippen LogP contribution in [0.3, 0.4) is 0 Å². The number of nitro benzene ring substituents is 1. The van der Waals surface area contributed by atoms with Crippen LogP contribution in [0, 0.1) is 17.0 Å². The molecular formula is C18H14N2O7S. The van der Waals surface area contributed by atoms with Crippen LogP contribution in [0.15, 0.2) is 53.4 Å². The lowest BCUT2D eigenvalue weighted by Crippen LogP contribution is -2.13. The van der Waals surface area contributed by atoms with Gasteiger partial charge >= 0.3 is 0 Å². The Kier molecular flexibility index (Phi) is 4.75. The molecule has 0 saturated carbocycles. The number of amides is 1. The van der Waals surface area contributed by atoms with Crippen molar-refractivity contribution < 1.29 is 27.8 Å². The Labute approximate surface area is 159 Å². The highest BCUT2D eigenvalue weighted by molar-refractivity contribution is 7.86. The van der Waals surface area contributed by atoms with Crippen molar-refractivity contribution in [2.75, 3.05) is 5.32 Å². The number of aromatic hydroxyl groups is 1. The number of benzene rings is 3. The largest absolute Gasteiger partial charge is 0.507 e. The van der Waals surface area contributed by atoms with E-state index in [1.807, 2.05) is 0 Å². The third-order valence-corrected chi connectivity index (χ3v) is 5.08. The quantitative estimate of drug-likeness (QED) is 0.345. The van der Waals surface area contributed by atoms with E-state index >= 15 is 0 Å². The number of phenolic OH excluding ortho intramolecular Hbond substituents is 1. The molecule has 9 nitrogen and oxygen atoms in total. The van der Waals surface area contributed by atoms with Crippen molar-refractivity contribution in [3.63, 3.8) is 0 Å². The molecule has 3 aromatic rings. The molecule has 3 aromatic carbocycles. The van der Waals surface area contributed by atoms with Gasteiger partial charge < -0.3 is 10.4 Å². The zero-order valence-corrected chi connectivity index (χ0v) is 15.2. The van der Waals surface area contributed by atoms with Gasteiger partial charge in [0, 0.05) is 28.0 Å². The number of fused-ring (bicyclic) bond motifs is 1. The number of aryl methyl sites for hydroxylation is 1. The second-order valence-corrected chi connectivity index (χ2v) is 7.39. The van der Waals surface area contributed by atoms with Crippen LogP contribution >= 0.6 is 0 Å². The number of carbonyl (C=O) groups excluding carboxylic acids is 1. The highest BCUT2D eigenvalue weighted by atomic mass is 32.2. The third-order valence-electron chi connectivity index (χ3n) is 4.17. The molecule has 0 saturated heterocycles. The summed E-state index contributed by atoms with van der Waals surface area (Å²) < 4.78 is 32.5. The first-order valence-electron chi connectivity index (χ1n) is 7.88. The number of hydrogen-bond donors (Lipinski definition) is 3. The maximum atomic E-state index is 12.6. The number of nitro groups is 1. The molecule has 0 spiro atoms. The Morgan fingerprint density at radius 2 is 1.86 bits per heavy atom. The van der Waals surface area contributed by atoms with E-state index in [1.54, 1.807) is 6.92 Å². The topological polar surface area (TPSA) is 147 Å². The van der Waals surface area contributed by atoms with Gasteiger partial charge in [0.1, 0.15) is 10.6 Å². The van der Waals surface area contributed by atoms with Crippen molar-refractivity contribution in [3.05, 3.63) is 69.8 Å². The predicted octanol–water partition coefficient (Wildman–Crippen LogP) is 3.26. The molecule has 3 rings (SSSR count). The summed E-state index contributed by atoms with van der Waals surface area (Å²) in [6.07, 6.45) is 0. The minimum absolute atomic E-state index is 0.00702. The first-order chi connectivity index (χ1) is 13.1. The van der Waals surface area contributed by atoms with Crippen LogP contribution in [0.1, 0.15) is 15.9 Å². The van der Waals surface area contributed by atoms with Crippen LogP contribution in [0.2, 0.25) is 0 Å². The second kappa shape index (κ2) is 6.91. The van der Waals surface area contributed by atoms with Gasteiger partial charge in [0.25, 0.3) is 21.7 Å². The average molecular weight is 402 g/mol. The zero-order chi connectivity index (χ0) is 20.6. The standard InChI is InChI=1S/C18H14N2O7S/c1-10-5-6-11(9-14(10)20(23)24)18(22)19-13-4-2-3-12-16(28(25,26)27)8-7-15(21)17(12)13/h2-9,21H,1H3,(H,19,22)(H,25,26,27). The molecule has 0 aliphatic heterocycles. The number of carbonyl (C=O) groups is 1. The average Bonchev–Trinajstić information content (AvgIpc) is 2.61. The number of phenols is 1. The van der Waals surface area contributed by atoms with Crippen LogP contribution < -0.4 is 5.32 Å². The van der Waals surface area contributed by atoms with E-state index in [9.17, 15) is 33.0 Å². The molecular weight excluding hydrogens is 388 g/mol. The van der Waals surface area contributed by atoms with Crippen LogP contribution in [0.5, 0.6) is 5.75 Å². The highest BCUT2D eigenvalue weighted by Crippen LogP contribution is 2.36. The molecule has 10 heteroatoms. The summed E-state index contributed by atoms with van der Waals surface area (Å²) in [6, 6.07) is 10.3.